The highest BCUT2D eigenvalue weighted by Crippen LogP contribution is 2.28. The lowest BCUT2D eigenvalue weighted by molar-refractivity contribution is -0.123. The number of nitrogens with zero attached hydrogens (tertiary/aromatic N) is 4. The molecule has 0 radical (unpaired) electrons. The number of fused-ring (bicyclic) bond motifs is 1. The summed E-state index contributed by atoms with van der Waals surface area (Å²) >= 11 is 6.48. The fourth-order valence-corrected chi connectivity index (χ4v) is 3.39. The molecule has 0 aliphatic heterocycles. The van der Waals surface area contributed by atoms with Gasteiger partial charge >= 0.3 is 6.18 Å². The van der Waals surface area contributed by atoms with Crippen LogP contribution in [-0.2, 0) is 13.5 Å². The van der Waals surface area contributed by atoms with Gasteiger partial charge in [0.05, 0.1) is 16.7 Å². The zero-order valence-corrected chi connectivity index (χ0v) is 16.9. The summed E-state index contributed by atoms with van der Waals surface area (Å²) in [5.74, 6) is 0.158. The Morgan fingerprint density at radius 2 is 2.06 bits per heavy atom. The largest absolute Gasteiger partial charge is 0.405 e. The minimum absolute atomic E-state index is 0.0872. The van der Waals surface area contributed by atoms with Gasteiger partial charge in [-0.25, -0.2) is 4.98 Å². The SMILES string of the molecule is Cn1nc(-c2cccc(C(=O)NCC(F)(F)F)c2)nc1Cc1ccc2[nH]ncc2c1Cl. The normalized spacial score (nSPS) is 11.8. The molecule has 0 saturated carbocycles. The van der Waals surface area contributed by atoms with Gasteiger partial charge in [0.2, 0.25) is 0 Å². The van der Waals surface area contributed by atoms with Gasteiger partial charge in [-0.15, -0.1) is 0 Å². The predicted octanol–water partition coefficient (Wildman–Crippen LogP) is 3.89. The van der Waals surface area contributed by atoms with E-state index < -0.39 is 18.6 Å². The Morgan fingerprint density at radius 3 is 2.84 bits per heavy atom. The van der Waals surface area contributed by atoms with Crippen molar-refractivity contribution in [3.8, 4) is 11.4 Å². The number of hydrogen-bond donors (Lipinski definition) is 2. The second-order valence-electron chi connectivity index (χ2n) is 6.90. The molecule has 0 aliphatic carbocycles. The molecular weight excluding hydrogens is 433 g/mol. The Labute approximate surface area is 179 Å². The van der Waals surface area contributed by atoms with Gasteiger partial charge in [-0.05, 0) is 23.8 Å². The first-order valence-electron chi connectivity index (χ1n) is 9.17. The van der Waals surface area contributed by atoms with Gasteiger partial charge in [0.15, 0.2) is 5.82 Å². The van der Waals surface area contributed by atoms with Crippen LogP contribution in [0.4, 0.5) is 13.2 Å². The molecule has 160 valence electrons. The van der Waals surface area contributed by atoms with E-state index in [1.165, 1.54) is 12.1 Å². The van der Waals surface area contributed by atoms with E-state index in [0.717, 1.165) is 16.5 Å². The van der Waals surface area contributed by atoms with E-state index >= 15 is 0 Å². The molecule has 0 unspecified atom stereocenters. The number of aryl methyl sites for hydroxylation is 1. The van der Waals surface area contributed by atoms with Crippen LogP contribution in [0.1, 0.15) is 21.7 Å². The highest BCUT2D eigenvalue weighted by molar-refractivity contribution is 6.36. The Kier molecular flexibility index (Phi) is 5.40. The van der Waals surface area contributed by atoms with Crippen molar-refractivity contribution in [3.05, 3.63) is 64.6 Å². The number of rotatable bonds is 5. The molecule has 0 bridgehead atoms. The maximum Gasteiger partial charge on any atom is 0.405 e. The van der Waals surface area contributed by atoms with Crippen molar-refractivity contribution < 1.29 is 18.0 Å². The molecule has 4 rings (SSSR count). The molecule has 0 fully saturated rings. The number of alkyl halides is 3. The third kappa shape index (κ3) is 4.53. The van der Waals surface area contributed by atoms with E-state index in [9.17, 15) is 18.0 Å². The molecule has 0 saturated heterocycles. The average Bonchev–Trinajstić information content (AvgIpc) is 3.35. The first-order valence-corrected chi connectivity index (χ1v) is 9.55. The zero-order valence-electron chi connectivity index (χ0n) is 16.2. The Morgan fingerprint density at radius 1 is 1.26 bits per heavy atom. The maximum absolute atomic E-state index is 12.3. The third-order valence-electron chi connectivity index (χ3n) is 4.67. The number of aromatic amines is 1. The van der Waals surface area contributed by atoms with Crippen molar-refractivity contribution in [1.82, 2.24) is 30.3 Å². The van der Waals surface area contributed by atoms with Gasteiger partial charge in [0, 0.05) is 30.0 Å². The second kappa shape index (κ2) is 8.03. The molecule has 0 spiro atoms. The summed E-state index contributed by atoms with van der Waals surface area (Å²) in [4.78, 5) is 16.6. The minimum Gasteiger partial charge on any atom is -0.343 e. The van der Waals surface area contributed by atoms with Crippen LogP contribution in [0.3, 0.4) is 0 Å². The van der Waals surface area contributed by atoms with Crippen LogP contribution in [0.15, 0.2) is 42.6 Å². The number of carbonyl (C=O) groups is 1. The van der Waals surface area contributed by atoms with Crippen LogP contribution in [0, 0.1) is 0 Å². The molecule has 31 heavy (non-hydrogen) atoms. The predicted molar refractivity (Wildman–Crippen MR) is 109 cm³/mol. The summed E-state index contributed by atoms with van der Waals surface area (Å²) in [6.07, 6.45) is -2.42. The highest BCUT2D eigenvalue weighted by Gasteiger charge is 2.28. The number of H-pyrrole nitrogens is 1. The Balaban J connectivity index is 1.57. The molecule has 1 amide bonds. The molecule has 2 aromatic carbocycles. The Hall–Kier alpha value is -3.40. The summed E-state index contributed by atoms with van der Waals surface area (Å²) in [6, 6.07) is 9.89. The van der Waals surface area contributed by atoms with Gasteiger partial charge in [-0.3, -0.25) is 14.6 Å². The highest BCUT2D eigenvalue weighted by atomic mass is 35.5. The number of carbonyl (C=O) groups excluding carboxylic acids is 1. The molecule has 2 N–H and O–H groups in total. The lowest BCUT2D eigenvalue weighted by Crippen LogP contribution is -2.33. The number of aromatic nitrogens is 5. The summed E-state index contributed by atoms with van der Waals surface area (Å²) < 4.78 is 38.6. The van der Waals surface area contributed by atoms with Gasteiger partial charge in [0.25, 0.3) is 5.91 Å². The van der Waals surface area contributed by atoms with E-state index in [4.69, 9.17) is 11.6 Å². The van der Waals surface area contributed by atoms with Crippen LogP contribution in [0.2, 0.25) is 5.02 Å². The third-order valence-corrected chi connectivity index (χ3v) is 5.12. The maximum atomic E-state index is 12.3. The smallest absolute Gasteiger partial charge is 0.343 e. The molecule has 4 aromatic rings. The molecular formula is C20H16ClF3N6O. The molecule has 2 heterocycles. The second-order valence-corrected chi connectivity index (χ2v) is 7.28. The topological polar surface area (TPSA) is 88.5 Å². The fraction of sp³-hybridized carbons (Fsp3) is 0.200. The van der Waals surface area contributed by atoms with Gasteiger partial charge in [0.1, 0.15) is 12.4 Å². The standard InChI is InChI=1S/C20H16ClF3N6O/c1-30-16(8-11-5-6-15-14(17(11)21)9-26-28-15)27-18(29-30)12-3-2-4-13(7-12)19(31)25-10-20(22,23)24/h2-7,9H,8,10H2,1H3,(H,25,31)(H,26,28). The fourth-order valence-electron chi connectivity index (χ4n) is 3.11. The number of halogens is 4. The summed E-state index contributed by atoms with van der Waals surface area (Å²) in [7, 11) is 1.73. The quantitative estimate of drug-likeness (QED) is 0.484. The van der Waals surface area contributed by atoms with Gasteiger partial charge in [-0.1, -0.05) is 29.8 Å². The molecule has 2 aromatic heterocycles. The van der Waals surface area contributed by atoms with E-state index in [1.807, 2.05) is 17.4 Å². The van der Waals surface area contributed by atoms with Crippen molar-refractivity contribution in [3.63, 3.8) is 0 Å². The van der Waals surface area contributed by atoms with Crippen LogP contribution < -0.4 is 5.32 Å². The number of benzene rings is 2. The molecule has 7 nitrogen and oxygen atoms in total. The van der Waals surface area contributed by atoms with Crippen molar-refractivity contribution in [2.45, 2.75) is 12.6 Å². The lowest BCUT2D eigenvalue weighted by Gasteiger charge is -2.08. The summed E-state index contributed by atoms with van der Waals surface area (Å²) in [5, 5.41) is 14.4. The zero-order chi connectivity index (χ0) is 22.2. The summed E-state index contributed by atoms with van der Waals surface area (Å²) in [6.45, 7) is -1.40. The van der Waals surface area contributed by atoms with E-state index in [-0.39, 0.29) is 5.56 Å². The van der Waals surface area contributed by atoms with Crippen LogP contribution >= 0.6 is 11.6 Å². The van der Waals surface area contributed by atoms with Gasteiger partial charge < -0.3 is 5.32 Å². The van der Waals surface area contributed by atoms with Crippen molar-refractivity contribution in [2.24, 2.45) is 7.05 Å². The number of amides is 1. The summed E-state index contributed by atoms with van der Waals surface area (Å²) in [5.41, 5.74) is 2.27. The number of nitrogens with one attached hydrogen (secondary N) is 2. The molecule has 0 atom stereocenters. The van der Waals surface area contributed by atoms with Crippen molar-refractivity contribution >= 4 is 28.4 Å². The number of hydrogen-bond acceptors (Lipinski definition) is 4. The van der Waals surface area contributed by atoms with Crippen LogP contribution in [-0.4, -0.2) is 43.6 Å². The van der Waals surface area contributed by atoms with E-state index in [0.29, 0.717) is 28.7 Å². The van der Waals surface area contributed by atoms with E-state index in [2.05, 4.69) is 20.3 Å². The van der Waals surface area contributed by atoms with E-state index in [1.54, 1.807) is 30.1 Å². The van der Waals surface area contributed by atoms with Crippen molar-refractivity contribution in [1.29, 1.82) is 0 Å². The first-order chi connectivity index (χ1) is 14.7. The average molecular weight is 449 g/mol. The molecule has 0 aliphatic rings. The van der Waals surface area contributed by atoms with Crippen molar-refractivity contribution in [2.75, 3.05) is 6.54 Å². The molecule has 11 heteroatoms. The Bertz CT molecular complexity index is 1260. The van der Waals surface area contributed by atoms with Crippen LogP contribution in [0.5, 0.6) is 0 Å². The minimum atomic E-state index is -4.48. The lowest BCUT2D eigenvalue weighted by atomic mass is 10.1. The first kappa shape index (κ1) is 20.9. The monoisotopic (exact) mass is 448 g/mol. The van der Waals surface area contributed by atoms with Gasteiger partial charge in [-0.2, -0.15) is 23.4 Å². The van der Waals surface area contributed by atoms with Crippen LogP contribution in [0.25, 0.3) is 22.3 Å².